The molecule has 1 N–H and O–H groups in total. The molecule has 0 aliphatic heterocycles. The van der Waals surface area contributed by atoms with Crippen molar-refractivity contribution in [3.05, 3.63) is 29.8 Å². The highest BCUT2D eigenvalue weighted by Crippen LogP contribution is 2.23. The Balaban J connectivity index is 2.15. The third-order valence-electron chi connectivity index (χ3n) is 3.81. The normalized spacial score (nSPS) is 12.6. The summed E-state index contributed by atoms with van der Waals surface area (Å²) in [7, 11) is 2.02. The van der Waals surface area contributed by atoms with Crippen molar-refractivity contribution in [1.82, 2.24) is 5.32 Å². The first kappa shape index (κ1) is 17.6. The van der Waals surface area contributed by atoms with Crippen molar-refractivity contribution >= 4 is 11.8 Å². The fourth-order valence-corrected chi connectivity index (χ4v) is 3.27. The van der Waals surface area contributed by atoms with Crippen LogP contribution in [0.2, 0.25) is 0 Å². The first-order valence-corrected chi connectivity index (χ1v) is 9.16. The lowest BCUT2D eigenvalue weighted by Crippen LogP contribution is -2.11. The van der Waals surface area contributed by atoms with Gasteiger partial charge in [0.05, 0.1) is 0 Å². The molecule has 2 heteroatoms. The van der Waals surface area contributed by atoms with Gasteiger partial charge >= 0.3 is 0 Å². The Morgan fingerprint density at radius 3 is 2.45 bits per heavy atom. The van der Waals surface area contributed by atoms with Crippen LogP contribution in [0.4, 0.5) is 0 Å². The van der Waals surface area contributed by atoms with Crippen LogP contribution in [-0.2, 0) is 0 Å². The number of hydrogen-bond donors (Lipinski definition) is 1. The van der Waals surface area contributed by atoms with Crippen LogP contribution in [0.5, 0.6) is 0 Å². The van der Waals surface area contributed by atoms with Gasteiger partial charge in [0, 0.05) is 10.9 Å². The maximum atomic E-state index is 3.30. The fraction of sp³-hybridized carbons (Fsp3) is 0.667. The van der Waals surface area contributed by atoms with Gasteiger partial charge in [0.15, 0.2) is 0 Å². The van der Waals surface area contributed by atoms with E-state index < -0.39 is 0 Å². The Morgan fingerprint density at radius 1 is 1.05 bits per heavy atom. The quantitative estimate of drug-likeness (QED) is 0.408. The van der Waals surface area contributed by atoms with Gasteiger partial charge in [-0.3, -0.25) is 0 Å². The Bertz CT molecular complexity index is 351. The Morgan fingerprint density at radius 2 is 1.75 bits per heavy atom. The first-order valence-electron chi connectivity index (χ1n) is 8.18. The minimum Gasteiger partial charge on any atom is -0.313 e. The maximum Gasteiger partial charge on any atom is 0.0289 e. The van der Waals surface area contributed by atoms with E-state index in [1.807, 2.05) is 18.8 Å². The monoisotopic (exact) mass is 293 g/mol. The molecule has 0 radical (unpaired) electrons. The van der Waals surface area contributed by atoms with E-state index in [0.29, 0.717) is 6.04 Å². The van der Waals surface area contributed by atoms with Gasteiger partial charge in [-0.1, -0.05) is 57.6 Å². The summed E-state index contributed by atoms with van der Waals surface area (Å²) >= 11 is 2.00. The molecule has 1 aromatic rings. The molecule has 0 saturated heterocycles. The van der Waals surface area contributed by atoms with Gasteiger partial charge in [0.25, 0.3) is 0 Å². The third-order valence-corrected chi connectivity index (χ3v) is 4.89. The van der Waals surface area contributed by atoms with Crippen molar-refractivity contribution in [1.29, 1.82) is 0 Å². The molecule has 0 spiro atoms. The second kappa shape index (κ2) is 11.2. The predicted molar refractivity (Wildman–Crippen MR) is 92.6 cm³/mol. The molecule has 0 heterocycles. The third kappa shape index (κ3) is 7.35. The second-order valence-corrected chi connectivity index (χ2v) is 6.72. The topological polar surface area (TPSA) is 12.0 Å². The van der Waals surface area contributed by atoms with Crippen LogP contribution in [-0.4, -0.2) is 12.8 Å². The van der Waals surface area contributed by atoms with Gasteiger partial charge in [-0.25, -0.2) is 0 Å². The van der Waals surface area contributed by atoms with Gasteiger partial charge in [-0.2, -0.15) is 0 Å². The molecule has 20 heavy (non-hydrogen) atoms. The van der Waals surface area contributed by atoms with Crippen molar-refractivity contribution in [2.75, 3.05) is 12.8 Å². The summed E-state index contributed by atoms with van der Waals surface area (Å²) in [4.78, 5) is 1.41. The number of thioether (sulfide) groups is 1. The molecule has 1 atom stereocenters. The molecular formula is C18H31NS. The molecule has 0 amide bonds. The van der Waals surface area contributed by atoms with Crippen LogP contribution < -0.4 is 5.32 Å². The molecule has 0 aliphatic rings. The lowest BCUT2D eigenvalue weighted by atomic mass is 10.1. The number of unbranched alkanes of at least 4 members (excludes halogenated alkanes) is 6. The highest BCUT2D eigenvalue weighted by molar-refractivity contribution is 7.99. The number of rotatable bonds is 11. The smallest absolute Gasteiger partial charge is 0.0289 e. The second-order valence-electron chi connectivity index (χ2n) is 5.55. The molecule has 0 bridgehead atoms. The van der Waals surface area contributed by atoms with E-state index in [-0.39, 0.29) is 0 Å². The Labute approximate surface area is 129 Å². The van der Waals surface area contributed by atoms with Crippen molar-refractivity contribution in [2.45, 2.75) is 69.7 Å². The highest BCUT2D eigenvalue weighted by Gasteiger charge is 2.03. The molecule has 0 aromatic heterocycles. The molecule has 0 fully saturated rings. The van der Waals surface area contributed by atoms with Crippen molar-refractivity contribution in [3.63, 3.8) is 0 Å². The van der Waals surface area contributed by atoms with E-state index in [0.717, 1.165) is 0 Å². The van der Waals surface area contributed by atoms with E-state index in [1.165, 1.54) is 61.2 Å². The zero-order chi connectivity index (χ0) is 14.6. The minimum atomic E-state index is 0.439. The van der Waals surface area contributed by atoms with E-state index >= 15 is 0 Å². The lowest BCUT2D eigenvalue weighted by molar-refractivity contribution is 0.603. The molecular weight excluding hydrogens is 262 g/mol. The largest absolute Gasteiger partial charge is 0.313 e. The van der Waals surface area contributed by atoms with Gasteiger partial charge in [-0.05, 0) is 43.8 Å². The number of nitrogens with one attached hydrogen (secondary N) is 1. The van der Waals surface area contributed by atoms with Gasteiger partial charge in [-0.15, -0.1) is 11.8 Å². The summed E-state index contributed by atoms with van der Waals surface area (Å²) in [5, 5.41) is 3.30. The van der Waals surface area contributed by atoms with Crippen molar-refractivity contribution < 1.29 is 0 Å². The zero-order valence-corrected chi connectivity index (χ0v) is 14.3. The van der Waals surface area contributed by atoms with Gasteiger partial charge in [0.1, 0.15) is 0 Å². The Hall–Kier alpha value is -0.470. The van der Waals surface area contributed by atoms with Crippen LogP contribution in [0, 0.1) is 0 Å². The van der Waals surface area contributed by atoms with Crippen LogP contribution in [0.25, 0.3) is 0 Å². The molecule has 0 saturated carbocycles. The van der Waals surface area contributed by atoms with Crippen molar-refractivity contribution in [2.24, 2.45) is 0 Å². The summed E-state index contributed by atoms with van der Waals surface area (Å²) in [6, 6.07) is 9.38. The number of hydrogen-bond acceptors (Lipinski definition) is 2. The SMILES string of the molecule is CCCCCCCCCSc1cccc(C(C)NC)c1. The molecule has 1 nitrogen and oxygen atoms in total. The summed E-state index contributed by atoms with van der Waals surface area (Å²) in [5.74, 6) is 1.26. The van der Waals surface area contributed by atoms with E-state index in [9.17, 15) is 0 Å². The summed E-state index contributed by atoms with van der Waals surface area (Å²) in [6.07, 6.45) is 9.76. The average Bonchev–Trinajstić information content (AvgIpc) is 2.49. The van der Waals surface area contributed by atoms with Gasteiger partial charge in [0.2, 0.25) is 0 Å². The molecule has 114 valence electrons. The predicted octanol–water partition coefficient (Wildman–Crippen LogP) is 5.81. The molecule has 1 unspecified atom stereocenters. The Kier molecular flexibility index (Phi) is 9.86. The molecule has 1 rings (SSSR count). The highest BCUT2D eigenvalue weighted by atomic mass is 32.2. The summed E-state index contributed by atoms with van der Waals surface area (Å²) < 4.78 is 0. The van der Waals surface area contributed by atoms with Crippen LogP contribution in [0.15, 0.2) is 29.2 Å². The van der Waals surface area contributed by atoms with Crippen molar-refractivity contribution in [3.8, 4) is 0 Å². The first-order chi connectivity index (χ1) is 9.77. The van der Waals surface area contributed by atoms with Crippen LogP contribution >= 0.6 is 11.8 Å². The molecule has 0 aliphatic carbocycles. The standard InChI is InChI=1S/C18H31NS/c1-4-5-6-7-8-9-10-14-20-18-13-11-12-17(15-18)16(2)19-3/h11-13,15-16,19H,4-10,14H2,1-3H3. The van der Waals surface area contributed by atoms with Gasteiger partial charge < -0.3 is 5.32 Å². The number of benzene rings is 1. The van der Waals surface area contributed by atoms with E-state index in [4.69, 9.17) is 0 Å². The average molecular weight is 294 g/mol. The van der Waals surface area contributed by atoms with Crippen LogP contribution in [0.1, 0.15) is 70.4 Å². The minimum absolute atomic E-state index is 0.439. The van der Waals surface area contributed by atoms with Crippen LogP contribution in [0.3, 0.4) is 0 Å². The maximum absolute atomic E-state index is 3.30. The molecule has 1 aromatic carbocycles. The van der Waals surface area contributed by atoms with E-state index in [2.05, 4.69) is 43.4 Å². The lowest BCUT2D eigenvalue weighted by Gasteiger charge is -2.11. The zero-order valence-electron chi connectivity index (χ0n) is 13.5. The van der Waals surface area contributed by atoms with E-state index in [1.54, 1.807) is 0 Å². The fourth-order valence-electron chi connectivity index (χ4n) is 2.29. The summed E-state index contributed by atoms with van der Waals surface area (Å²) in [5.41, 5.74) is 1.39. The summed E-state index contributed by atoms with van der Waals surface area (Å²) in [6.45, 7) is 4.49.